The van der Waals surface area contributed by atoms with Gasteiger partial charge in [0.05, 0.1) is 0 Å². The maximum Gasteiger partial charge on any atom is 0.287 e. The lowest BCUT2D eigenvalue weighted by molar-refractivity contribution is 0.0531. The Balaban J connectivity index is 2.45. The molecule has 2 atom stereocenters. The van der Waals surface area contributed by atoms with Gasteiger partial charge in [-0.3, -0.25) is 0 Å². The van der Waals surface area contributed by atoms with Crippen LogP contribution in [0.25, 0.3) is 0 Å². The van der Waals surface area contributed by atoms with Crippen molar-refractivity contribution in [3.05, 3.63) is 12.2 Å². The largest absolute Gasteiger partial charge is 0.419 e. The molecular formula is C7H6N2O2. The predicted octanol–water partition coefficient (Wildman–Crippen LogP) is 0.679. The highest BCUT2D eigenvalue weighted by Crippen LogP contribution is 2.16. The molecule has 0 aromatic carbocycles. The minimum Gasteiger partial charge on any atom is -0.419 e. The highest BCUT2D eigenvalue weighted by molar-refractivity contribution is 5.05. The number of nitriles is 2. The maximum absolute atomic E-state index is 8.17. The monoisotopic (exact) mass is 150 g/mol. The Morgan fingerprint density at radius 1 is 1.27 bits per heavy atom. The molecule has 0 saturated carbocycles. The first-order valence-corrected chi connectivity index (χ1v) is 3.14. The summed E-state index contributed by atoms with van der Waals surface area (Å²) in [5.74, 6) is 0. The Bertz CT molecular complexity index is 236. The van der Waals surface area contributed by atoms with Gasteiger partial charge in [0.2, 0.25) is 0 Å². The third kappa shape index (κ3) is 1.62. The standard InChI is InChI=1S/C7H6N2O2/c8-4-10-6-2-1-3-7(6)11-5-9/h1-2,6-7H,3H2. The minimum atomic E-state index is -0.389. The van der Waals surface area contributed by atoms with Gasteiger partial charge in [0.25, 0.3) is 12.5 Å². The van der Waals surface area contributed by atoms with E-state index in [9.17, 15) is 0 Å². The summed E-state index contributed by atoms with van der Waals surface area (Å²) < 4.78 is 9.25. The van der Waals surface area contributed by atoms with Gasteiger partial charge in [-0.25, -0.2) is 0 Å². The van der Waals surface area contributed by atoms with E-state index in [0.29, 0.717) is 6.42 Å². The second-order valence-corrected chi connectivity index (χ2v) is 2.09. The van der Waals surface area contributed by atoms with E-state index in [4.69, 9.17) is 10.5 Å². The first-order chi connectivity index (χ1) is 5.38. The van der Waals surface area contributed by atoms with Crippen LogP contribution in [-0.2, 0) is 9.47 Å². The molecule has 1 rings (SSSR count). The van der Waals surface area contributed by atoms with Crippen molar-refractivity contribution in [2.45, 2.75) is 18.6 Å². The summed E-state index contributed by atoms with van der Waals surface area (Å²) in [7, 11) is 0. The second-order valence-electron chi connectivity index (χ2n) is 2.09. The van der Waals surface area contributed by atoms with Crippen LogP contribution in [-0.4, -0.2) is 12.2 Å². The summed E-state index contributed by atoms with van der Waals surface area (Å²) in [6, 6.07) is 0. The normalized spacial score (nSPS) is 27.1. The third-order valence-electron chi connectivity index (χ3n) is 1.45. The van der Waals surface area contributed by atoms with E-state index in [0.717, 1.165) is 0 Å². The molecule has 0 aromatic rings. The molecular weight excluding hydrogens is 144 g/mol. The van der Waals surface area contributed by atoms with Crippen LogP contribution >= 0.6 is 0 Å². The molecule has 0 heterocycles. The zero-order chi connectivity index (χ0) is 8.10. The molecule has 4 nitrogen and oxygen atoms in total. The van der Waals surface area contributed by atoms with Gasteiger partial charge in [0.1, 0.15) is 0 Å². The molecule has 0 spiro atoms. The van der Waals surface area contributed by atoms with E-state index in [2.05, 4.69) is 9.47 Å². The van der Waals surface area contributed by atoms with Gasteiger partial charge in [-0.15, -0.1) is 0 Å². The number of ether oxygens (including phenoxy) is 2. The van der Waals surface area contributed by atoms with Gasteiger partial charge >= 0.3 is 0 Å². The smallest absolute Gasteiger partial charge is 0.287 e. The topological polar surface area (TPSA) is 66.0 Å². The van der Waals surface area contributed by atoms with Crippen molar-refractivity contribution in [2.24, 2.45) is 0 Å². The van der Waals surface area contributed by atoms with Gasteiger partial charge in [0, 0.05) is 6.42 Å². The van der Waals surface area contributed by atoms with E-state index < -0.39 is 0 Å². The molecule has 0 amide bonds. The molecule has 56 valence electrons. The van der Waals surface area contributed by atoms with Crippen LogP contribution in [0.1, 0.15) is 6.42 Å². The van der Waals surface area contributed by atoms with E-state index in [1.54, 1.807) is 18.6 Å². The SMILES string of the molecule is N#COC1C=CCC1OC#N. The highest BCUT2D eigenvalue weighted by atomic mass is 16.5. The Hall–Kier alpha value is -1.68. The van der Waals surface area contributed by atoms with E-state index in [-0.39, 0.29) is 12.2 Å². The molecule has 0 fully saturated rings. The van der Waals surface area contributed by atoms with Crippen LogP contribution in [0.3, 0.4) is 0 Å². The van der Waals surface area contributed by atoms with E-state index >= 15 is 0 Å². The lowest BCUT2D eigenvalue weighted by Crippen LogP contribution is -2.23. The molecule has 0 saturated heterocycles. The summed E-state index contributed by atoms with van der Waals surface area (Å²) in [5, 5.41) is 16.3. The average molecular weight is 150 g/mol. The zero-order valence-electron chi connectivity index (χ0n) is 5.73. The summed E-state index contributed by atoms with van der Waals surface area (Å²) in [4.78, 5) is 0. The van der Waals surface area contributed by atoms with Gasteiger partial charge in [-0.1, -0.05) is 6.08 Å². The van der Waals surface area contributed by atoms with E-state index in [1.807, 2.05) is 6.08 Å². The maximum atomic E-state index is 8.17. The van der Waals surface area contributed by atoms with Crippen LogP contribution in [0, 0.1) is 23.0 Å². The van der Waals surface area contributed by atoms with Crippen LogP contribution in [0.5, 0.6) is 0 Å². The van der Waals surface area contributed by atoms with Crippen molar-refractivity contribution < 1.29 is 9.47 Å². The predicted molar refractivity (Wildman–Crippen MR) is 34.7 cm³/mol. The number of hydrogen-bond donors (Lipinski definition) is 0. The first-order valence-electron chi connectivity index (χ1n) is 3.14. The summed E-state index contributed by atoms with van der Waals surface area (Å²) in [6.45, 7) is 0. The fourth-order valence-electron chi connectivity index (χ4n) is 0.964. The molecule has 11 heavy (non-hydrogen) atoms. The number of nitrogens with zero attached hydrogens (tertiary/aromatic N) is 2. The van der Waals surface area contributed by atoms with Gasteiger partial charge in [-0.2, -0.15) is 10.5 Å². The van der Waals surface area contributed by atoms with Crippen molar-refractivity contribution in [3.8, 4) is 12.5 Å². The molecule has 1 aliphatic rings. The van der Waals surface area contributed by atoms with E-state index in [1.165, 1.54) is 0 Å². The molecule has 0 radical (unpaired) electrons. The number of hydrogen-bond acceptors (Lipinski definition) is 4. The van der Waals surface area contributed by atoms with Gasteiger partial charge in [-0.05, 0) is 6.08 Å². The Morgan fingerprint density at radius 3 is 2.64 bits per heavy atom. The summed E-state index contributed by atoms with van der Waals surface area (Å²) >= 11 is 0. The minimum absolute atomic E-state index is 0.320. The summed E-state index contributed by atoms with van der Waals surface area (Å²) in [6.07, 6.45) is 6.58. The first kappa shape index (κ1) is 7.43. The van der Waals surface area contributed by atoms with Crippen molar-refractivity contribution >= 4 is 0 Å². The third-order valence-corrected chi connectivity index (χ3v) is 1.45. The quantitative estimate of drug-likeness (QED) is 0.428. The lowest BCUT2D eigenvalue weighted by atomic mass is 10.2. The molecule has 4 heteroatoms. The van der Waals surface area contributed by atoms with Crippen molar-refractivity contribution in [2.75, 3.05) is 0 Å². The van der Waals surface area contributed by atoms with Crippen molar-refractivity contribution in [1.29, 1.82) is 10.5 Å². The molecule has 1 aliphatic carbocycles. The van der Waals surface area contributed by atoms with Crippen molar-refractivity contribution in [3.63, 3.8) is 0 Å². The molecule has 0 aromatic heterocycles. The molecule has 0 N–H and O–H groups in total. The van der Waals surface area contributed by atoms with Crippen LogP contribution in [0.2, 0.25) is 0 Å². The van der Waals surface area contributed by atoms with Crippen LogP contribution < -0.4 is 0 Å². The van der Waals surface area contributed by atoms with Crippen molar-refractivity contribution in [1.82, 2.24) is 0 Å². The van der Waals surface area contributed by atoms with Crippen LogP contribution in [0.4, 0.5) is 0 Å². The Morgan fingerprint density at radius 2 is 2.00 bits per heavy atom. The molecule has 0 aliphatic heterocycles. The van der Waals surface area contributed by atoms with Crippen LogP contribution in [0.15, 0.2) is 12.2 Å². The second kappa shape index (κ2) is 3.48. The van der Waals surface area contributed by atoms with Gasteiger partial charge in [0.15, 0.2) is 12.2 Å². The van der Waals surface area contributed by atoms with Gasteiger partial charge < -0.3 is 9.47 Å². The average Bonchev–Trinajstić information content (AvgIpc) is 2.39. The molecule has 2 unspecified atom stereocenters. The lowest BCUT2D eigenvalue weighted by Gasteiger charge is -2.12. The summed E-state index contributed by atoms with van der Waals surface area (Å²) in [5.41, 5.74) is 0. The number of rotatable bonds is 2. The fraction of sp³-hybridized carbons (Fsp3) is 0.429. The fourth-order valence-corrected chi connectivity index (χ4v) is 0.964. The zero-order valence-corrected chi connectivity index (χ0v) is 5.73. The Kier molecular flexibility index (Phi) is 2.35. The highest BCUT2D eigenvalue weighted by Gasteiger charge is 2.25. The molecule has 0 bridgehead atoms. The Labute approximate surface area is 64.2 Å².